The highest BCUT2D eigenvalue weighted by atomic mass is 16.1. The summed E-state index contributed by atoms with van der Waals surface area (Å²) in [4.78, 5) is 11.6. The minimum absolute atomic E-state index is 0.0463. The summed E-state index contributed by atoms with van der Waals surface area (Å²) >= 11 is 0. The lowest BCUT2D eigenvalue weighted by molar-refractivity contribution is 0.532. The number of rotatable bonds is 6. The van der Waals surface area contributed by atoms with E-state index >= 15 is 0 Å². The van der Waals surface area contributed by atoms with Crippen molar-refractivity contribution in [3.8, 4) is 0 Å². The third kappa shape index (κ3) is 3.50. The number of hydrogen-bond acceptors (Lipinski definition) is 3. The van der Waals surface area contributed by atoms with E-state index in [4.69, 9.17) is 0 Å². The second-order valence-corrected chi connectivity index (χ2v) is 5.23. The molecular formula is C15H22N4O. The number of aryl methyl sites for hydroxylation is 1. The van der Waals surface area contributed by atoms with Gasteiger partial charge in [0.1, 0.15) is 0 Å². The second kappa shape index (κ2) is 6.41. The summed E-state index contributed by atoms with van der Waals surface area (Å²) in [7, 11) is 0. The van der Waals surface area contributed by atoms with Crippen molar-refractivity contribution >= 4 is 5.69 Å². The van der Waals surface area contributed by atoms with Gasteiger partial charge in [-0.1, -0.05) is 6.92 Å². The molecule has 2 aromatic heterocycles. The predicted octanol–water partition coefficient (Wildman–Crippen LogP) is 2.65. The van der Waals surface area contributed by atoms with Gasteiger partial charge in [-0.3, -0.25) is 9.48 Å². The van der Waals surface area contributed by atoms with Crippen LogP contribution >= 0.6 is 0 Å². The zero-order valence-corrected chi connectivity index (χ0v) is 12.3. The minimum Gasteiger partial charge on any atom is -0.380 e. The standard InChI is InChI=1S/C15H22N4O/c1-4-7-18-11-14(5-6-15(18)20)16-8-13-9-17-19(10-13)12(2)3/h5-6,9-12,16H,4,7-8H2,1-3H3. The Morgan fingerprint density at radius 2 is 2.10 bits per heavy atom. The van der Waals surface area contributed by atoms with Gasteiger partial charge in [-0.15, -0.1) is 0 Å². The normalized spacial score (nSPS) is 11.0. The summed E-state index contributed by atoms with van der Waals surface area (Å²) in [5.74, 6) is 0. The maximum atomic E-state index is 11.6. The van der Waals surface area contributed by atoms with Crippen molar-refractivity contribution in [1.29, 1.82) is 0 Å². The predicted molar refractivity (Wildman–Crippen MR) is 80.9 cm³/mol. The Balaban J connectivity index is 2.02. The van der Waals surface area contributed by atoms with Gasteiger partial charge in [-0.25, -0.2) is 0 Å². The molecule has 5 nitrogen and oxygen atoms in total. The fraction of sp³-hybridized carbons (Fsp3) is 0.467. The number of anilines is 1. The molecule has 1 N–H and O–H groups in total. The van der Waals surface area contributed by atoms with E-state index in [1.807, 2.05) is 29.3 Å². The first-order valence-corrected chi connectivity index (χ1v) is 7.07. The van der Waals surface area contributed by atoms with Crippen LogP contribution in [-0.2, 0) is 13.1 Å². The molecule has 0 aromatic carbocycles. The molecule has 0 aliphatic rings. The topological polar surface area (TPSA) is 51.9 Å². The zero-order chi connectivity index (χ0) is 14.5. The SMILES string of the molecule is CCCn1cc(NCc2cnn(C(C)C)c2)ccc1=O. The van der Waals surface area contributed by atoms with E-state index in [1.54, 1.807) is 10.6 Å². The van der Waals surface area contributed by atoms with Gasteiger partial charge in [0.05, 0.1) is 11.9 Å². The maximum absolute atomic E-state index is 11.6. The van der Waals surface area contributed by atoms with Crippen molar-refractivity contribution in [2.24, 2.45) is 0 Å². The molecule has 20 heavy (non-hydrogen) atoms. The molecule has 2 aromatic rings. The Labute approximate surface area is 119 Å². The summed E-state index contributed by atoms with van der Waals surface area (Å²) in [5.41, 5.74) is 2.13. The largest absolute Gasteiger partial charge is 0.380 e. The minimum atomic E-state index is 0.0463. The van der Waals surface area contributed by atoms with Crippen molar-refractivity contribution in [2.45, 2.75) is 46.3 Å². The molecule has 5 heteroatoms. The van der Waals surface area contributed by atoms with Gasteiger partial charge in [0.2, 0.25) is 0 Å². The van der Waals surface area contributed by atoms with Crippen LogP contribution in [-0.4, -0.2) is 14.3 Å². The first-order chi connectivity index (χ1) is 9.60. The highest BCUT2D eigenvalue weighted by Gasteiger charge is 2.02. The van der Waals surface area contributed by atoms with E-state index in [0.29, 0.717) is 12.6 Å². The average molecular weight is 274 g/mol. The third-order valence-corrected chi connectivity index (χ3v) is 3.13. The van der Waals surface area contributed by atoms with Crippen LogP contribution in [0.15, 0.2) is 35.5 Å². The smallest absolute Gasteiger partial charge is 0.250 e. The van der Waals surface area contributed by atoms with E-state index in [0.717, 1.165) is 24.2 Å². The molecule has 2 rings (SSSR count). The molecule has 0 amide bonds. The van der Waals surface area contributed by atoms with Crippen molar-refractivity contribution < 1.29 is 0 Å². The molecule has 0 aliphatic carbocycles. The molecule has 0 saturated carbocycles. The van der Waals surface area contributed by atoms with Gasteiger partial charge in [0, 0.05) is 43.2 Å². The Bertz CT molecular complexity index is 612. The van der Waals surface area contributed by atoms with E-state index in [-0.39, 0.29) is 5.56 Å². The van der Waals surface area contributed by atoms with E-state index in [1.165, 1.54) is 0 Å². The number of pyridine rings is 1. The van der Waals surface area contributed by atoms with Crippen LogP contribution in [0.4, 0.5) is 5.69 Å². The molecule has 108 valence electrons. The van der Waals surface area contributed by atoms with Crippen LogP contribution in [0.1, 0.15) is 38.8 Å². The van der Waals surface area contributed by atoms with Gasteiger partial charge in [-0.2, -0.15) is 5.10 Å². The lowest BCUT2D eigenvalue weighted by Gasteiger charge is -2.09. The number of nitrogens with zero attached hydrogens (tertiary/aromatic N) is 3. The lowest BCUT2D eigenvalue weighted by Crippen LogP contribution is -2.18. The van der Waals surface area contributed by atoms with Crippen molar-refractivity contribution in [1.82, 2.24) is 14.3 Å². The fourth-order valence-electron chi connectivity index (χ4n) is 2.01. The molecule has 0 aliphatic heterocycles. The lowest BCUT2D eigenvalue weighted by atomic mass is 10.3. The maximum Gasteiger partial charge on any atom is 0.250 e. The molecular weight excluding hydrogens is 252 g/mol. The molecule has 0 bridgehead atoms. The zero-order valence-electron chi connectivity index (χ0n) is 12.3. The van der Waals surface area contributed by atoms with Crippen LogP contribution < -0.4 is 10.9 Å². The van der Waals surface area contributed by atoms with Crippen LogP contribution in [0.3, 0.4) is 0 Å². The van der Waals surface area contributed by atoms with Crippen molar-refractivity contribution in [3.63, 3.8) is 0 Å². The van der Waals surface area contributed by atoms with Crippen molar-refractivity contribution in [3.05, 3.63) is 46.6 Å². The highest BCUT2D eigenvalue weighted by molar-refractivity contribution is 5.40. The Hall–Kier alpha value is -2.04. The molecule has 0 atom stereocenters. The van der Waals surface area contributed by atoms with E-state index in [9.17, 15) is 4.79 Å². The van der Waals surface area contributed by atoms with Gasteiger partial charge < -0.3 is 9.88 Å². The van der Waals surface area contributed by atoms with E-state index < -0.39 is 0 Å². The van der Waals surface area contributed by atoms with Gasteiger partial charge >= 0.3 is 0 Å². The first kappa shape index (κ1) is 14.4. The Morgan fingerprint density at radius 3 is 2.75 bits per heavy atom. The summed E-state index contributed by atoms with van der Waals surface area (Å²) in [6.07, 6.45) is 6.73. The molecule has 0 fully saturated rings. The van der Waals surface area contributed by atoms with Gasteiger partial charge in [-0.05, 0) is 26.3 Å². The number of hydrogen-bond donors (Lipinski definition) is 1. The fourth-order valence-corrected chi connectivity index (χ4v) is 2.01. The van der Waals surface area contributed by atoms with Crippen molar-refractivity contribution in [2.75, 3.05) is 5.32 Å². The Kier molecular flexibility index (Phi) is 4.61. The van der Waals surface area contributed by atoms with E-state index in [2.05, 4.69) is 31.2 Å². The quantitative estimate of drug-likeness (QED) is 0.881. The monoisotopic (exact) mass is 274 g/mol. The van der Waals surface area contributed by atoms with Crippen LogP contribution in [0, 0.1) is 0 Å². The molecule has 0 unspecified atom stereocenters. The van der Waals surface area contributed by atoms with Crippen LogP contribution in [0.25, 0.3) is 0 Å². The number of nitrogens with one attached hydrogen (secondary N) is 1. The average Bonchev–Trinajstić information content (AvgIpc) is 2.89. The summed E-state index contributed by atoms with van der Waals surface area (Å²) in [6, 6.07) is 3.80. The van der Waals surface area contributed by atoms with Crippen LogP contribution in [0.5, 0.6) is 0 Å². The molecule has 0 radical (unpaired) electrons. The summed E-state index contributed by atoms with van der Waals surface area (Å²) in [6.45, 7) is 7.72. The molecule has 2 heterocycles. The number of aromatic nitrogens is 3. The highest BCUT2D eigenvalue weighted by Crippen LogP contribution is 2.09. The second-order valence-electron chi connectivity index (χ2n) is 5.23. The van der Waals surface area contributed by atoms with Crippen LogP contribution in [0.2, 0.25) is 0 Å². The molecule has 0 saturated heterocycles. The Morgan fingerprint density at radius 1 is 1.30 bits per heavy atom. The first-order valence-electron chi connectivity index (χ1n) is 7.07. The van der Waals surface area contributed by atoms with Gasteiger partial charge in [0.25, 0.3) is 5.56 Å². The third-order valence-electron chi connectivity index (χ3n) is 3.13. The summed E-state index contributed by atoms with van der Waals surface area (Å²) in [5, 5.41) is 7.64. The summed E-state index contributed by atoms with van der Waals surface area (Å²) < 4.78 is 3.68. The molecule has 0 spiro atoms. The van der Waals surface area contributed by atoms with Gasteiger partial charge in [0.15, 0.2) is 0 Å².